The summed E-state index contributed by atoms with van der Waals surface area (Å²) < 4.78 is 0. The SMILES string of the molecule is C[Si](C)(Cl)c1ccc(CN)cc1. The molecule has 0 radical (unpaired) electrons. The zero-order valence-corrected chi connectivity index (χ0v) is 9.23. The van der Waals surface area contributed by atoms with Crippen LogP contribution in [-0.2, 0) is 6.54 Å². The van der Waals surface area contributed by atoms with Gasteiger partial charge in [0.1, 0.15) is 0 Å². The first-order valence-corrected chi connectivity index (χ1v) is 8.03. The molecule has 0 saturated carbocycles. The zero-order chi connectivity index (χ0) is 9.19. The monoisotopic (exact) mass is 199 g/mol. The molecule has 0 aliphatic carbocycles. The highest BCUT2D eigenvalue weighted by molar-refractivity contribution is 7.26. The largest absolute Gasteiger partial charge is 0.326 e. The molecule has 1 rings (SSSR count). The molecule has 0 heterocycles. The van der Waals surface area contributed by atoms with Crippen LogP contribution in [0, 0.1) is 0 Å². The van der Waals surface area contributed by atoms with Gasteiger partial charge in [-0.1, -0.05) is 37.4 Å². The molecule has 0 atom stereocenters. The van der Waals surface area contributed by atoms with E-state index in [9.17, 15) is 0 Å². The molecule has 1 aromatic rings. The molecule has 1 aromatic carbocycles. The highest BCUT2D eigenvalue weighted by Crippen LogP contribution is 2.08. The van der Waals surface area contributed by atoms with E-state index in [0.29, 0.717) is 6.54 Å². The van der Waals surface area contributed by atoms with Gasteiger partial charge in [-0.25, -0.2) is 0 Å². The smallest absolute Gasteiger partial charge is 0.180 e. The van der Waals surface area contributed by atoms with Crippen LogP contribution in [0.1, 0.15) is 5.56 Å². The molecule has 0 fully saturated rings. The minimum Gasteiger partial charge on any atom is -0.326 e. The molecular weight excluding hydrogens is 186 g/mol. The summed E-state index contributed by atoms with van der Waals surface area (Å²) in [5.74, 6) is 0. The minimum absolute atomic E-state index is 0.602. The van der Waals surface area contributed by atoms with Gasteiger partial charge in [0.25, 0.3) is 0 Å². The Hall–Kier alpha value is -0.313. The summed E-state index contributed by atoms with van der Waals surface area (Å²) >= 11 is 6.26. The molecule has 0 bridgehead atoms. The molecule has 2 N–H and O–H groups in total. The van der Waals surface area contributed by atoms with Crippen molar-refractivity contribution in [2.24, 2.45) is 5.73 Å². The van der Waals surface area contributed by atoms with Crippen molar-refractivity contribution in [2.75, 3.05) is 0 Å². The van der Waals surface area contributed by atoms with Crippen molar-refractivity contribution in [3.05, 3.63) is 29.8 Å². The average Bonchev–Trinajstić information content (AvgIpc) is 2.03. The van der Waals surface area contributed by atoms with Gasteiger partial charge in [0.05, 0.1) is 0 Å². The Labute approximate surface area is 79.3 Å². The lowest BCUT2D eigenvalue weighted by molar-refractivity contribution is 1.07. The van der Waals surface area contributed by atoms with Gasteiger partial charge in [-0.15, -0.1) is 0 Å². The molecule has 3 heteroatoms. The van der Waals surface area contributed by atoms with Crippen LogP contribution in [0.3, 0.4) is 0 Å². The number of rotatable bonds is 2. The third-order valence-corrected chi connectivity index (χ3v) is 4.24. The predicted molar refractivity (Wildman–Crippen MR) is 57.3 cm³/mol. The molecule has 0 amide bonds. The molecular formula is C9H14ClNSi. The van der Waals surface area contributed by atoms with E-state index in [1.165, 1.54) is 5.19 Å². The van der Waals surface area contributed by atoms with Crippen molar-refractivity contribution in [1.29, 1.82) is 0 Å². The first-order valence-electron chi connectivity index (χ1n) is 4.02. The van der Waals surface area contributed by atoms with Crippen LogP contribution in [0.2, 0.25) is 13.1 Å². The third kappa shape index (κ3) is 2.34. The zero-order valence-electron chi connectivity index (χ0n) is 7.47. The van der Waals surface area contributed by atoms with Crippen LogP contribution >= 0.6 is 11.1 Å². The maximum atomic E-state index is 6.26. The molecule has 0 saturated heterocycles. The standard InChI is InChI=1S/C9H14ClNSi/c1-12(2,10)9-5-3-8(7-11)4-6-9/h3-6H,7,11H2,1-2H3. The fourth-order valence-corrected chi connectivity index (χ4v) is 2.37. The summed E-state index contributed by atoms with van der Waals surface area (Å²) in [6.07, 6.45) is 0. The number of halogens is 1. The summed E-state index contributed by atoms with van der Waals surface area (Å²) in [5, 5.41) is 1.27. The molecule has 0 aliphatic rings. The quantitative estimate of drug-likeness (QED) is 0.571. The molecule has 12 heavy (non-hydrogen) atoms. The molecule has 0 aliphatic heterocycles. The Balaban J connectivity index is 2.93. The molecule has 1 nitrogen and oxygen atoms in total. The van der Waals surface area contributed by atoms with Gasteiger partial charge < -0.3 is 5.73 Å². The van der Waals surface area contributed by atoms with Crippen LogP contribution in [-0.4, -0.2) is 7.38 Å². The maximum absolute atomic E-state index is 6.26. The van der Waals surface area contributed by atoms with Gasteiger partial charge in [-0.3, -0.25) is 0 Å². The topological polar surface area (TPSA) is 26.0 Å². The third-order valence-electron chi connectivity index (χ3n) is 1.88. The second-order valence-electron chi connectivity index (χ2n) is 3.37. The lowest BCUT2D eigenvalue weighted by Gasteiger charge is -2.13. The van der Waals surface area contributed by atoms with Gasteiger partial charge in [0.15, 0.2) is 7.38 Å². The summed E-state index contributed by atoms with van der Waals surface area (Å²) in [4.78, 5) is 0. The van der Waals surface area contributed by atoms with E-state index in [4.69, 9.17) is 16.8 Å². The summed E-state index contributed by atoms with van der Waals surface area (Å²) in [6.45, 7) is 4.84. The van der Waals surface area contributed by atoms with E-state index < -0.39 is 7.38 Å². The van der Waals surface area contributed by atoms with Crippen LogP contribution in [0.4, 0.5) is 0 Å². The van der Waals surface area contributed by atoms with E-state index in [1.807, 2.05) is 12.1 Å². The van der Waals surface area contributed by atoms with Gasteiger partial charge in [-0.2, -0.15) is 11.1 Å². The normalized spacial score (nSPS) is 11.7. The van der Waals surface area contributed by atoms with Gasteiger partial charge in [-0.05, 0) is 10.8 Å². The Morgan fingerprint density at radius 1 is 1.25 bits per heavy atom. The number of hydrogen-bond acceptors (Lipinski definition) is 1. The number of hydrogen-bond donors (Lipinski definition) is 1. The average molecular weight is 200 g/mol. The number of nitrogens with two attached hydrogens (primary N) is 1. The maximum Gasteiger partial charge on any atom is 0.180 e. The fourth-order valence-electron chi connectivity index (χ4n) is 1.04. The highest BCUT2D eigenvalue weighted by Gasteiger charge is 2.19. The van der Waals surface area contributed by atoms with E-state index in [1.54, 1.807) is 0 Å². The first kappa shape index (κ1) is 9.77. The Kier molecular flexibility index (Phi) is 2.93. The molecule has 66 valence electrons. The van der Waals surface area contributed by atoms with Gasteiger partial charge in [0, 0.05) is 6.54 Å². The van der Waals surface area contributed by atoms with E-state index in [0.717, 1.165) is 5.56 Å². The van der Waals surface area contributed by atoms with E-state index in [-0.39, 0.29) is 0 Å². The Morgan fingerprint density at radius 3 is 2.08 bits per heavy atom. The van der Waals surface area contributed by atoms with Gasteiger partial charge >= 0.3 is 0 Å². The van der Waals surface area contributed by atoms with Crippen molar-refractivity contribution in [3.8, 4) is 0 Å². The van der Waals surface area contributed by atoms with Crippen LogP contribution in [0.15, 0.2) is 24.3 Å². The second-order valence-corrected chi connectivity index (χ2v) is 9.73. The van der Waals surface area contributed by atoms with Crippen LogP contribution in [0.5, 0.6) is 0 Å². The summed E-state index contributed by atoms with van der Waals surface area (Å²) in [6, 6.07) is 8.27. The predicted octanol–water partition coefficient (Wildman–Crippen LogP) is 1.80. The minimum atomic E-state index is -1.64. The summed E-state index contributed by atoms with van der Waals surface area (Å²) in [7, 11) is -1.64. The first-order chi connectivity index (χ1) is 5.54. The summed E-state index contributed by atoms with van der Waals surface area (Å²) in [5.41, 5.74) is 6.65. The number of benzene rings is 1. The van der Waals surface area contributed by atoms with Crippen molar-refractivity contribution >= 4 is 23.6 Å². The van der Waals surface area contributed by atoms with Gasteiger partial charge in [0.2, 0.25) is 0 Å². The molecule has 0 aromatic heterocycles. The molecule has 0 unspecified atom stereocenters. The van der Waals surface area contributed by atoms with E-state index in [2.05, 4.69) is 25.2 Å². The van der Waals surface area contributed by atoms with Crippen molar-refractivity contribution in [1.82, 2.24) is 0 Å². The lowest BCUT2D eigenvalue weighted by Crippen LogP contribution is -2.34. The fraction of sp³-hybridized carbons (Fsp3) is 0.333. The van der Waals surface area contributed by atoms with E-state index >= 15 is 0 Å². The van der Waals surface area contributed by atoms with Crippen LogP contribution in [0.25, 0.3) is 0 Å². The van der Waals surface area contributed by atoms with Crippen molar-refractivity contribution < 1.29 is 0 Å². The second kappa shape index (κ2) is 3.60. The van der Waals surface area contributed by atoms with Crippen LogP contribution < -0.4 is 10.9 Å². The Morgan fingerprint density at radius 2 is 1.75 bits per heavy atom. The van der Waals surface area contributed by atoms with Crippen molar-refractivity contribution in [2.45, 2.75) is 19.6 Å². The Bertz CT molecular complexity index is 250. The highest BCUT2D eigenvalue weighted by atomic mass is 35.6. The molecule has 0 spiro atoms. The lowest BCUT2D eigenvalue weighted by atomic mass is 10.2. The van der Waals surface area contributed by atoms with Crippen molar-refractivity contribution in [3.63, 3.8) is 0 Å².